The summed E-state index contributed by atoms with van der Waals surface area (Å²) in [6.45, 7) is 0.0839. The maximum absolute atomic E-state index is 9.39. The second kappa shape index (κ2) is 3.57. The summed E-state index contributed by atoms with van der Waals surface area (Å²) in [7, 11) is 0. The van der Waals surface area contributed by atoms with E-state index in [1.54, 1.807) is 18.2 Å². The first-order valence-corrected chi connectivity index (χ1v) is 4.52. The zero-order chi connectivity index (χ0) is 10.1. The maximum atomic E-state index is 9.39. The first-order chi connectivity index (χ1) is 6.70. The number of benzene rings is 1. The second-order valence-electron chi connectivity index (χ2n) is 2.92. The molecule has 0 saturated heterocycles. The predicted molar refractivity (Wildman–Crippen MR) is 53.0 cm³/mol. The van der Waals surface area contributed by atoms with Gasteiger partial charge in [0.1, 0.15) is 11.6 Å². The maximum Gasteiger partial charge on any atom is 0.225 e. The normalized spacial score (nSPS) is 13.4. The third-order valence-electron chi connectivity index (χ3n) is 1.88. The quantitative estimate of drug-likeness (QED) is 0.791. The molecule has 1 unspecified atom stereocenters. The molecule has 1 heterocycles. The Labute approximate surface area is 85.3 Å². The van der Waals surface area contributed by atoms with Crippen LogP contribution in [0.3, 0.4) is 0 Å². The lowest BCUT2D eigenvalue weighted by molar-refractivity contribution is 0.154. The monoisotopic (exact) mass is 212 g/mol. The molecule has 0 amide bonds. The van der Waals surface area contributed by atoms with Crippen molar-refractivity contribution < 1.29 is 9.52 Å². The standard InChI is InChI=1S/C9H9ClN2O2/c10-5-1-2-6-8(3-5)14-9(12-6)7(13)4-11/h1-3,7,13H,4,11H2. The Bertz CT molecular complexity index is 455. The molecule has 4 nitrogen and oxygen atoms in total. The minimum absolute atomic E-state index is 0.0839. The van der Waals surface area contributed by atoms with Crippen LogP contribution in [0, 0.1) is 0 Å². The van der Waals surface area contributed by atoms with E-state index in [2.05, 4.69) is 4.98 Å². The van der Waals surface area contributed by atoms with Crippen LogP contribution in [0.1, 0.15) is 12.0 Å². The van der Waals surface area contributed by atoms with Gasteiger partial charge in [0.05, 0.1) is 0 Å². The van der Waals surface area contributed by atoms with Crippen molar-refractivity contribution in [3.63, 3.8) is 0 Å². The fourth-order valence-corrected chi connectivity index (χ4v) is 1.32. The van der Waals surface area contributed by atoms with Crippen LogP contribution in [0.15, 0.2) is 22.6 Å². The van der Waals surface area contributed by atoms with Crippen molar-refractivity contribution in [3.05, 3.63) is 29.1 Å². The van der Waals surface area contributed by atoms with Gasteiger partial charge < -0.3 is 15.3 Å². The smallest absolute Gasteiger partial charge is 0.225 e. The van der Waals surface area contributed by atoms with Crippen LogP contribution in [-0.4, -0.2) is 16.6 Å². The number of fused-ring (bicyclic) bond motifs is 1. The van der Waals surface area contributed by atoms with Crippen LogP contribution in [0.25, 0.3) is 11.1 Å². The van der Waals surface area contributed by atoms with Crippen molar-refractivity contribution in [3.8, 4) is 0 Å². The summed E-state index contributed by atoms with van der Waals surface area (Å²) in [5.41, 5.74) is 6.50. The molecule has 1 atom stereocenters. The molecule has 2 aromatic rings. The minimum Gasteiger partial charge on any atom is -0.438 e. The number of aliphatic hydroxyl groups is 1. The van der Waals surface area contributed by atoms with Gasteiger partial charge in [0.2, 0.25) is 5.89 Å². The summed E-state index contributed by atoms with van der Waals surface area (Å²) in [5.74, 6) is 0.227. The van der Waals surface area contributed by atoms with Gasteiger partial charge in [0, 0.05) is 17.6 Å². The van der Waals surface area contributed by atoms with Gasteiger partial charge in [-0.3, -0.25) is 0 Å². The number of rotatable bonds is 2. The summed E-state index contributed by atoms with van der Waals surface area (Å²) < 4.78 is 5.28. The van der Waals surface area contributed by atoms with Crippen molar-refractivity contribution in [2.75, 3.05) is 6.54 Å². The number of nitrogens with zero attached hydrogens (tertiary/aromatic N) is 1. The Kier molecular flexibility index (Phi) is 2.41. The number of hydrogen-bond acceptors (Lipinski definition) is 4. The molecule has 0 aliphatic heterocycles. The predicted octanol–water partition coefficient (Wildman–Crippen LogP) is 1.47. The van der Waals surface area contributed by atoms with E-state index in [1.807, 2.05) is 0 Å². The van der Waals surface area contributed by atoms with Gasteiger partial charge in [0.25, 0.3) is 0 Å². The van der Waals surface area contributed by atoms with E-state index in [1.165, 1.54) is 0 Å². The van der Waals surface area contributed by atoms with Gasteiger partial charge in [0.15, 0.2) is 5.58 Å². The average molecular weight is 213 g/mol. The highest BCUT2D eigenvalue weighted by atomic mass is 35.5. The highest BCUT2D eigenvalue weighted by molar-refractivity contribution is 6.31. The highest BCUT2D eigenvalue weighted by Crippen LogP contribution is 2.22. The third-order valence-corrected chi connectivity index (χ3v) is 2.11. The molecule has 0 fully saturated rings. The molecule has 1 aromatic heterocycles. The zero-order valence-corrected chi connectivity index (χ0v) is 8.03. The van der Waals surface area contributed by atoms with Gasteiger partial charge in [-0.2, -0.15) is 0 Å². The molecule has 3 N–H and O–H groups in total. The van der Waals surface area contributed by atoms with Crippen LogP contribution in [0.5, 0.6) is 0 Å². The molecule has 0 aliphatic rings. The molecule has 0 bridgehead atoms. The van der Waals surface area contributed by atoms with Crippen molar-refractivity contribution in [2.24, 2.45) is 5.73 Å². The molecule has 0 radical (unpaired) electrons. The summed E-state index contributed by atoms with van der Waals surface area (Å²) >= 11 is 5.77. The van der Waals surface area contributed by atoms with Crippen LogP contribution in [0.2, 0.25) is 5.02 Å². The summed E-state index contributed by atoms with van der Waals surface area (Å²) in [6.07, 6.45) is -0.860. The molecule has 0 saturated carbocycles. The van der Waals surface area contributed by atoms with E-state index in [0.717, 1.165) is 0 Å². The van der Waals surface area contributed by atoms with Crippen molar-refractivity contribution >= 4 is 22.7 Å². The van der Waals surface area contributed by atoms with E-state index < -0.39 is 6.10 Å². The molecule has 0 spiro atoms. The molecule has 5 heteroatoms. The number of aromatic nitrogens is 1. The van der Waals surface area contributed by atoms with Gasteiger partial charge >= 0.3 is 0 Å². The van der Waals surface area contributed by atoms with Gasteiger partial charge in [-0.15, -0.1) is 0 Å². The Morgan fingerprint density at radius 1 is 1.57 bits per heavy atom. The Morgan fingerprint density at radius 2 is 2.36 bits per heavy atom. The SMILES string of the molecule is NCC(O)c1nc2ccc(Cl)cc2o1. The number of oxazole rings is 1. The molecule has 74 valence electrons. The van der Waals surface area contributed by atoms with Crippen molar-refractivity contribution in [1.29, 1.82) is 0 Å². The van der Waals surface area contributed by atoms with E-state index in [-0.39, 0.29) is 12.4 Å². The lowest BCUT2D eigenvalue weighted by Gasteiger charge is -1.99. The summed E-state index contributed by atoms with van der Waals surface area (Å²) in [4.78, 5) is 4.07. The fraction of sp³-hybridized carbons (Fsp3) is 0.222. The van der Waals surface area contributed by atoms with Crippen molar-refractivity contribution in [1.82, 2.24) is 4.98 Å². The first-order valence-electron chi connectivity index (χ1n) is 4.15. The average Bonchev–Trinajstić information content (AvgIpc) is 2.59. The van der Waals surface area contributed by atoms with Crippen LogP contribution >= 0.6 is 11.6 Å². The molecule has 1 aromatic carbocycles. The first kappa shape index (κ1) is 9.45. The van der Waals surface area contributed by atoms with E-state index in [0.29, 0.717) is 16.1 Å². The fourth-order valence-electron chi connectivity index (χ4n) is 1.16. The topological polar surface area (TPSA) is 72.3 Å². The van der Waals surface area contributed by atoms with Crippen LogP contribution in [-0.2, 0) is 0 Å². The minimum atomic E-state index is -0.860. The van der Waals surface area contributed by atoms with E-state index in [4.69, 9.17) is 21.8 Å². The number of aliphatic hydroxyl groups excluding tert-OH is 1. The molecule has 14 heavy (non-hydrogen) atoms. The van der Waals surface area contributed by atoms with E-state index in [9.17, 15) is 5.11 Å². The number of nitrogens with two attached hydrogens (primary N) is 1. The van der Waals surface area contributed by atoms with Gasteiger partial charge in [-0.05, 0) is 12.1 Å². The molecular weight excluding hydrogens is 204 g/mol. The van der Waals surface area contributed by atoms with Crippen LogP contribution in [0.4, 0.5) is 0 Å². The Balaban J connectivity index is 2.51. The van der Waals surface area contributed by atoms with Crippen LogP contribution < -0.4 is 5.73 Å². The number of halogens is 1. The van der Waals surface area contributed by atoms with E-state index >= 15 is 0 Å². The summed E-state index contributed by atoms with van der Waals surface area (Å²) in [6, 6.07) is 5.09. The zero-order valence-electron chi connectivity index (χ0n) is 7.27. The van der Waals surface area contributed by atoms with Crippen molar-refractivity contribution in [2.45, 2.75) is 6.10 Å². The van der Waals surface area contributed by atoms with Gasteiger partial charge in [-0.1, -0.05) is 11.6 Å². The van der Waals surface area contributed by atoms with Gasteiger partial charge in [-0.25, -0.2) is 4.98 Å². The molecular formula is C9H9ClN2O2. The third kappa shape index (κ3) is 1.59. The highest BCUT2D eigenvalue weighted by Gasteiger charge is 2.13. The molecule has 0 aliphatic carbocycles. The molecule has 2 rings (SSSR count). The number of hydrogen-bond donors (Lipinski definition) is 2. The Morgan fingerprint density at radius 3 is 3.07 bits per heavy atom. The lowest BCUT2D eigenvalue weighted by Crippen LogP contribution is -2.11. The lowest BCUT2D eigenvalue weighted by atomic mass is 10.3. The largest absolute Gasteiger partial charge is 0.438 e. The Hall–Kier alpha value is -1.10. The second-order valence-corrected chi connectivity index (χ2v) is 3.35. The summed E-state index contributed by atoms with van der Waals surface area (Å²) in [5, 5.41) is 9.96.